The van der Waals surface area contributed by atoms with Gasteiger partial charge >= 0.3 is 5.97 Å². The summed E-state index contributed by atoms with van der Waals surface area (Å²) in [6, 6.07) is 11.9. The predicted molar refractivity (Wildman–Crippen MR) is 103 cm³/mol. The van der Waals surface area contributed by atoms with E-state index in [0.29, 0.717) is 11.4 Å². The van der Waals surface area contributed by atoms with E-state index in [2.05, 4.69) is 12.1 Å². The van der Waals surface area contributed by atoms with Crippen LogP contribution in [0.25, 0.3) is 11.1 Å². The van der Waals surface area contributed by atoms with E-state index < -0.39 is 11.9 Å². The summed E-state index contributed by atoms with van der Waals surface area (Å²) in [5.74, 6) is -0.427. The standard InChI is InChI=1S/C22H23ClO3/c23-20-8-4-7-17(21(20)26-16-5-2-1-3-6-16)15-10-9-14-11-12-18(22(24)25)19(14)13-15/h4,7-10,13,16,18H,1-3,5-6,11-12H2,(H,24,25). The Morgan fingerprint density at radius 2 is 1.88 bits per heavy atom. The first-order chi connectivity index (χ1) is 12.6. The van der Waals surface area contributed by atoms with Gasteiger partial charge in [-0.3, -0.25) is 4.79 Å². The maximum absolute atomic E-state index is 11.6. The highest BCUT2D eigenvalue weighted by Crippen LogP contribution is 2.41. The van der Waals surface area contributed by atoms with Crippen LogP contribution in [-0.2, 0) is 11.2 Å². The van der Waals surface area contributed by atoms with Crippen molar-refractivity contribution in [3.63, 3.8) is 0 Å². The molecule has 2 aromatic carbocycles. The van der Waals surface area contributed by atoms with Crippen molar-refractivity contribution in [3.05, 3.63) is 52.5 Å². The van der Waals surface area contributed by atoms with E-state index in [9.17, 15) is 9.90 Å². The van der Waals surface area contributed by atoms with Crippen molar-refractivity contribution in [2.45, 2.75) is 57.0 Å². The predicted octanol–water partition coefficient (Wildman–Crippen LogP) is 5.83. The molecule has 0 amide bonds. The smallest absolute Gasteiger partial charge is 0.310 e. The Morgan fingerprint density at radius 3 is 2.65 bits per heavy atom. The number of benzene rings is 2. The average molecular weight is 371 g/mol. The Balaban J connectivity index is 1.71. The lowest BCUT2D eigenvalue weighted by Crippen LogP contribution is -2.20. The molecule has 0 aliphatic heterocycles. The van der Waals surface area contributed by atoms with Crippen molar-refractivity contribution in [2.75, 3.05) is 0 Å². The zero-order valence-corrected chi connectivity index (χ0v) is 15.5. The van der Waals surface area contributed by atoms with Gasteiger partial charge in [0.05, 0.1) is 17.0 Å². The first kappa shape index (κ1) is 17.4. The van der Waals surface area contributed by atoms with Crippen LogP contribution in [-0.4, -0.2) is 17.2 Å². The quantitative estimate of drug-likeness (QED) is 0.736. The van der Waals surface area contributed by atoms with Gasteiger partial charge < -0.3 is 9.84 Å². The molecule has 2 aromatic rings. The van der Waals surface area contributed by atoms with Crippen LogP contribution in [0.2, 0.25) is 5.02 Å². The minimum absolute atomic E-state index is 0.212. The van der Waals surface area contributed by atoms with Gasteiger partial charge in [0.25, 0.3) is 0 Å². The number of ether oxygens (including phenoxy) is 1. The Morgan fingerprint density at radius 1 is 1.08 bits per heavy atom. The van der Waals surface area contributed by atoms with E-state index >= 15 is 0 Å². The highest BCUT2D eigenvalue weighted by molar-refractivity contribution is 6.32. The van der Waals surface area contributed by atoms with Gasteiger partial charge in [0.2, 0.25) is 0 Å². The Hall–Kier alpha value is -2.00. The number of aliphatic carboxylic acids is 1. The highest BCUT2D eigenvalue weighted by Gasteiger charge is 2.29. The molecule has 0 spiro atoms. The van der Waals surface area contributed by atoms with Crippen molar-refractivity contribution in [1.82, 2.24) is 0 Å². The summed E-state index contributed by atoms with van der Waals surface area (Å²) in [6.45, 7) is 0. The second-order valence-electron chi connectivity index (χ2n) is 7.34. The minimum Gasteiger partial charge on any atom is -0.488 e. The monoisotopic (exact) mass is 370 g/mol. The lowest BCUT2D eigenvalue weighted by molar-refractivity contribution is -0.138. The topological polar surface area (TPSA) is 46.5 Å². The van der Waals surface area contributed by atoms with Gasteiger partial charge in [-0.15, -0.1) is 0 Å². The number of carboxylic acids is 1. The van der Waals surface area contributed by atoms with Gasteiger partial charge in [-0.2, -0.15) is 0 Å². The van der Waals surface area contributed by atoms with Crippen LogP contribution in [0.1, 0.15) is 55.6 Å². The Bertz CT molecular complexity index is 824. The summed E-state index contributed by atoms with van der Waals surface area (Å²) in [5.41, 5.74) is 3.99. The van der Waals surface area contributed by atoms with Crippen molar-refractivity contribution >= 4 is 17.6 Å². The number of para-hydroxylation sites is 1. The third-order valence-electron chi connectivity index (χ3n) is 5.64. The summed E-state index contributed by atoms with van der Waals surface area (Å²) in [7, 11) is 0. The van der Waals surface area contributed by atoms with Crippen molar-refractivity contribution < 1.29 is 14.6 Å². The van der Waals surface area contributed by atoms with E-state index in [1.165, 1.54) is 19.3 Å². The molecule has 1 fully saturated rings. The first-order valence-electron chi connectivity index (χ1n) is 9.44. The van der Waals surface area contributed by atoms with E-state index in [1.807, 2.05) is 24.3 Å². The fraction of sp³-hybridized carbons (Fsp3) is 0.409. The number of carbonyl (C=O) groups is 1. The summed E-state index contributed by atoms with van der Waals surface area (Å²) < 4.78 is 6.32. The Labute approximate surface area is 158 Å². The molecular weight excluding hydrogens is 348 g/mol. The van der Waals surface area contributed by atoms with Crippen LogP contribution in [0.15, 0.2) is 36.4 Å². The Kier molecular flexibility index (Phi) is 4.90. The second kappa shape index (κ2) is 7.32. The van der Waals surface area contributed by atoms with E-state index in [4.69, 9.17) is 16.3 Å². The van der Waals surface area contributed by atoms with Crippen LogP contribution >= 0.6 is 11.6 Å². The van der Waals surface area contributed by atoms with E-state index in [1.54, 1.807) is 0 Å². The molecule has 136 valence electrons. The number of carboxylic acid groups (broad SMARTS) is 1. The average Bonchev–Trinajstić information content (AvgIpc) is 3.08. The second-order valence-corrected chi connectivity index (χ2v) is 7.74. The minimum atomic E-state index is -0.745. The molecule has 3 nitrogen and oxygen atoms in total. The largest absolute Gasteiger partial charge is 0.488 e. The SMILES string of the molecule is O=C(O)C1CCc2ccc(-c3cccc(Cl)c3OC3CCCCC3)cc21. The van der Waals surface area contributed by atoms with Gasteiger partial charge in [0, 0.05) is 5.56 Å². The molecule has 1 saturated carbocycles. The zero-order chi connectivity index (χ0) is 18.1. The summed E-state index contributed by atoms with van der Waals surface area (Å²) in [6.07, 6.45) is 7.52. The lowest BCUT2D eigenvalue weighted by Gasteiger charge is -2.25. The number of fused-ring (bicyclic) bond motifs is 1. The van der Waals surface area contributed by atoms with Gasteiger partial charge in [0.15, 0.2) is 0 Å². The third kappa shape index (κ3) is 3.33. The molecule has 1 unspecified atom stereocenters. The molecule has 4 heteroatoms. The zero-order valence-electron chi connectivity index (χ0n) is 14.7. The number of rotatable bonds is 4. The molecule has 0 heterocycles. The summed E-state index contributed by atoms with van der Waals surface area (Å²) >= 11 is 6.48. The van der Waals surface area contributed by atoms with Crippen LogP contribution in [0.3, 0.4) is 0 Å². The van der Waals surface area contributed by atoms with E-state index in [-0.39, 0.29) is 6.10 Å². The molecule has 2 aliphatic rings. The summed E-state index contributed by atoms with van der Waals surface area (Å²) in [4.78, 5) is 11.6. The molecule has 26 heavy (non-hydrogen) atoms. The fourth-order valence-electron chi connectivity index (χ4n) is 4.23. The summed E-state index contributed by atoms with van der Waals surface area (Å²) in [5, 5.41) is 10.1. The maximum Gasteiger partial charge on any atom is 0.310 e. The van der Waals surface area contributed by atoms with Crippen molar-refractivity contribution in [1.29, 1.82) is 0 Å². The molecule has 2 aliphatic carbocycles. The van der Waals surface area contributed by atoms with Crippen LogP contribution in [0, 0.1) is 0 Å². The molecule has 1 atom stereocenters. The maximum atomic E-state index is 11.6. The molecule has 4 rings (SSSR count). The molecular formula is C22H23ClO3. The number of halogens is 1. The number of hydrogen-bond donors (Lipinski definition) is 1. The molecule has 0 bridgehead atoms. The molecule has 0 saturated heterocycles. The van der Waals surface area contributed by atoms with Crippen molar-refractivity contribution in [2.24, 2.45) is 0 Å². The van der Waals surface area contributed by atoms with Crippen LogP contribution in [0.5, 0.6) is 5.75 Å². The van der Waals surface area contributed by atoms with Gasteiger partial charge in [0.1, 0.15) is 5.75 Å². The lowest BCUT2D eigenvalue weighted by atomic mass is 9.95. The van der Waals surface area contributed by atoms with Gasteiger partial charge in [-0.05, 0) is 67.3 Å². The number of hydrogen-bond acceptors (Lipinski definition) is 2. The molecule has 1 N–H and O–H groups in total. The molecule has 0 radical (unpaired) electrons. The van der Waals surface area contributed by atoms with Crippen LogP contribution in [0.4, 0.5) is 0 Å². The normalized spacial score (nSPS) is 20.0. The molecule has 0 aromatic heterocycles. The first-order valence-corrected chi connectivity index (χ1v) is 9.82. The number of aryl methyl sites for hydroxylation is 1. The van der Waals surface area contributed by atoms with Gasteiger partial charge in [-0.25, -0.2) is 0 Å². The van der Waals surface area contributed by atoms with Gasteiger partial charge in [-0.1, -0.05) is 42.3 Å². The van der Waals surface area contributed by atoms with Crippen molar-refractivity contribution in [3.8, 4) is 16.9 Å². The van der Waals surface area contributed by atoms with E-state index in [0.717, 1.165) is 47.3 Å². The highest BCUT2D eigenvalue weighted by atomic mass is 35.5. The fourth-order valence-corrected chi connectivity index (χ4v) is 4.45. The third-order valence-corrected chi connectivity index (χ3v) is 5.93. The van der Waals surface area contributed by atoms with Crippen LogP contribution < -0.4 is 4.74 Å².